The molecule has 6 heteroatoms. The van der Waals surface area contributed by atoms with Gasteiger partial charge in [0.15, 0.2) is 6.61 Å². The molecule has 100 valence electrons. The van der Waals surface area contributed by atoms with Gasteiger partial charge in [0.25, 0.3) is 5.91 Å². The van der Waals surface area contributed by atoms with Crippen LogP contribution < -0.4 is 10.1 Å². The van der Waals surface area contributed by atoms with Gasteiger partial charge in [-0.1, -0.05) is 12.1 Å². The van der Waals surface area contributed by atoms with Gasteiger partial charge < -0.3 is 10.1 Å². The molecule has 6 nitrogen and oxygen atoms in total. The standard InChI is InChI=1S/C14H12N4O2/c15-7-11-3-1-2-4-13(11)20-9-14(19)17-8-12-5-6-16-10-18-12/h1-6,10H,8-9H2,(H,17,19). The summed E-state index contributed by atoms with van der Waals surface area (Å²) in [6.07, 6.45) is 3.02. The Morgan fingerprint density at radius 2 is 2.20 bits per heavy atom. The number of hydrogen-bond donors (Lipinski definition) is 1. The SMILES string of the molecule is N#Cc1ccccc1OCC(=O)NCc1ccncn1. The zero-order valence-electron chi connectivity index (χ0n) is 10.6. The highest BCUT2D eigenvalue weighted by Gasteiger charge is 2.06. The second kappa shape index (κ2) is 6.85. The molecule has 0 bridgehead atoms. The highest BCUT2D eigenvalue weighted by molar-refractivity contribution is 5.77. The van der Waals surface area contributed by atoms with Crippen LogP contribution in [-0.2, 0) is 11.3 Å². The van der Waals surface area contributed by atoms with Crippen molar-refractivity contribution in [1.82, 2.24) is 15.3 Å². The maximum absolute atomic E-state index is 11.6. The lowest BCUT2D eigenvalue weighted by Crippen LogP contribution is -2.28. The molecule has 0 aliphatic carbocycles. The molecule has 0 saturated carbocycles. The van der Waals surface area contributed by atoms with Gasteiger partial charge in [-0.3, -0.25) is 4.79 Å². The average molecular weight is 268 g/mol. The molecule has 1 amide bonds. The number of para-hydroxylation sites is 1. The average Bonchev–Trinajstić information content (AvgIpc) is 2.52. The molecule has 0 spiro atoms. The first-order chi connectivity index (χ1) is 9.79. The van der Waals surface area contributed by atoms with Gasteiger partial charge in [0.05, 0.1) is 17.8 Å². The Bertz CT molecular complexity index is 623. The summed E-state index contributed by atoms with van der Waals surface area (Å²) < 4.78 is 5.31. The fraction of sp³-hybridized carbons (Fsp3) is 0.143. The minimum absolute atomic E-state index is 0.149. The van der Waals surface area contributed by atoms with Crippen LogP contribution in [0.4, 0.5) is 0 Å². The lowest BCUT2D eigenvalue weighted by Gasteiger charge is -2.08. The molecule has 0 radical (unpaired) electrons. The molecule has 0 aliphatic heterocycles. The lowest BCUT2D eigenvalue weighted by molar-refractivity contribution is -0.123. The van der Waals surface area contributed by atoms with Crippen molar-refractivity contribution in [3.05, 3.63) is 54.1 Å². The van der Waals surface area contributed by atoms with Crippen LogP contribution in [0.3, 0.4) is 0 Å². The van der Waals surface area contributed by atoms with Gasteiger partial charge in [0.2, 0.25) is 0 Å². The minimum Gasteiger partial charge on any atom is -0.482 e. The van der Waals surface area contributed by atoms with E-state index in [0.717, 1.165) is 0 Å². The Hall–Kier alpha value is -2.94. The summed E-state index contributed by atoms with van der Waals surface area (Å²) in [5.74, 6) is 0.114. The van der Waals surface area contributed by atoms with Crippen molar-refractivity contribution in [2.45, 2.75) is 6.54 Å². The summed E-state index contributed by atoms with van der Waals surface area (Å²) in [5, 5.41) is 11.6. The quantitative estimate of drug-likeness (QED) is 0.875. The highest BCUT2D eigenvalue weighted by atomic mass is 16.5. The molecule has 0 unspecified atom stereocenters. The predicted octanol–water partition coefficient (Wildman–Crippen LogP) is 1.04. The van der Waals surface area contributed by atoms with Gasteiger partial charge in [-0.2, -0.15) is 5.26 Å². The van der Waals surface area contributed by atoms with Crippen LogP contribution in [0, 0.1) is 11.3 Å². The van der Waals surface area contributed by atoms with Gasteiger partial charge in [0.1, 0.15) is 18.1 Å². The van der Waals surface area contributed by atoms with Crippen molar-refractivity contribution < 1.29 is 9.53 Å². The van der Waals surface area contributed by atoms with E-state index in [4.69, 9.17) is 10.00 Å². The molecular formula is C14H12N4O2. The first-order valence-corrected chi connectivity index (χ1v) is 5.93. The molecule has 0 saturated heterocycles. The highest BCUT2D eigenvalue weighted by Crippen LogP contribution is 2.16. The monoisotopic (exact) mass is 268 g/mol. The summed E-state index contributed by atoms with van der Waals surface area (Å²) in [6.45, 7) is 0.161. The summed E-state index contributed by atoms with van der Waals surface area (Å²) in [6, 6.07) is 10.5. The third-order valence-corrected chi connectivity index (χ3v) is 2.48. The van der Waals surface area contributed by atoms with Crippen LogP contribution in [-0.4, -0.2) is 22.5 Å². The van der Waals surface area contributed by atoms with Crippen molar-refractivity contribution >= 4 is 5.91 Å². The van der Waals surface area contributed by atoms with E-state index in [1.54, 1.807) is 36.5 Å². The Morgan fingerprint density at radius 3 is 2.95 bits per heavy atom. The number of hydrogen-bond acceptors (Lipinski definition) is 5. The normalized spacial score (nSPS) is 9.55. The molecule has 2 rings (SSSR count). The maximum Gasteiger partial charge on any atom is 0.258 e. The molecule has 20 heavy (non-hydrogen) atoms. The van der Waals surface area contributed by atoms with Gasteiger partial charge >= 0.3 is 0 Å². The first-order valence-electron chi connectivity index (χ1n) is 5.93. The van der Waals surface area contributed by atoms with Crippen molar-refractivity contribution in [3.8, 4) is 11.8 Å². The summed E-state index contributed by atoms with van der Waals surface area (Å²) in [4.78, 5) is 19.4. The van der Waals surface area contributed by atoms with E-state index in [0.29, 0.717) is 23.6 Å². The van der Waals surface area contributed by atoms with Gasteiger partial charge in [-0.05, 0) is 18.2 Å². The summed E-state index contributed by atoms with van der Waals surface area (Å²) in [5.41, 5.74) is 1.11. The van der Waals surface area contributed by atoms with Crippen LogP contribution in [0.2, 0.25) is 0 Å². The van der Waals surface area contributed by atoms with Crippen molar-refractivity contribution in [3.63, 3.8) is 0 Å². The van der Waals surface area contributed by atoms with E-state index in [2.05, 4.69) is 15.3 Å². The number of carbonyl (C=O) groups is 1. The van der Waals surface area contributed by atoms with E-state index < -0.39 is 0 Å². The van der Waals surface area contributed by atoms with Crippen LogP contribution in [0.5, 0.6) is 5.75 Å². The minimum atomic E-state index is -0.281. The van der Waals surface area contributed by atoms with Crippen LogP contribution in [0.1, 0.15) is 11.3 Å². The fourth-order valence-electron chi connectivity index (χ4n) is 1.49. The molecule has 1 heterocycles. The number of nitrogens with one attached hydrogen (secondary N) is 1. The molecular weight excluding hydrogens is 256 g/mol. The van der Waals surface area contributed by atoms with Crippen LogP contribution in [0.25, 0.3) is 0 Å². The molecule has 0 fully saturated rings. The van der Waals surface area contributed by atoms with Crippen LogP contribution in [0.15, 0.2) is 42.9 Å². The zero-order valence-corrected chi connectivity index (χ0v) is 10.6. The third-order valence-electron chi connectivity index (χ3n) is 2.48. The molecule has 2 aromatic rings. The van der Waals surface area contributed by atoms with Gasteiger partial charge in [-0.15, -0.1) is 0 Å². The number of amides is 1. The maximum atomic E-state index is 11.6. The van der Waals surface area contributed by atoms with E-state index in [-0.39, 0.29) is 12.5 Å². The number of rotatable bonds is 5. The lowest BCUT2D eigenvalue weighted by atomic mass is 10.2. The Morgan fingerprint density at radius 1 is 1.35 bits per heavy atom. The number of aromatic nitrogens is 2. The number of carbonyl (C=O) groups excluding carboxylic acids is 1. The Balaban J connectivity index is 1.82. The number of benzene rings is 1. The fourth-order valence-corrected chi connectivity index (χ4v) is 1.49. The molecule has 0 aliphatic rings. The van der Waals surface area contributed by atoms with E-state index in [1.165, 1.54) is 6.33 Å². The number of nitrogens with zero attached hydrogens (tertiary/aromatic N) is 3. The largest absolute Gasteiger partial charge is 0.482 e. The van der Waals surface area contributed by atoms with Gasteiger partial charge in [-0.25, -0.2) is 9.97 Å². The Labute approximate surface area is 116 Å². The number of ether oxygens (including phenoxy) is 1. The molecule has 0 atom stereocenters. The van der Waals surface area contributed by atoms with E-state index >= 15 is 0 Å². The molecule has 1 N–H and O–H groups in total. The second-order valence-corrected chi connectivity index (χ2v) is 3.87. The smallest absolute Gasteiger partial charge is 0.258 e. The zero-order chi connectivity index (χ0) is 14.2. The third kappa shape index (κ3) is 3.78. The van der Waals surface area contributed by atoms with Crippen molar-refractivity contribution in [1.29, 1.82) is 5.26 Å². The van der Waals surface area contributed by atoms with Crippen LogP contribution >= 0.6 is 0 Å². The molecule has 1 aromatic heterocycles. The van der Waals surface area contributed by atoms with E-state index in [1.807, 2.05) is 6.07 Å². The van der Waals surface area contributed by atoms with Gasteiger partial charge in [0, 0.05) is 6.20 Å². The molecule has 1 aromatic carbocycles. The second-order valence-electron chi connectivity index (χ2n) is 3.87. The van der Waals surface area contributed by atoms with E-state index in [9.17, 15) is 4.79 Å². The Kier molecular flexibility index (Phi) is 4.62. The predicted molar refractivity (Wildman–Crippen MR) is 70.5 cm³/mol. The van der Waals surface area contributed by atoms with Crippen molar-refractivity contribution in [2.75, 3.05) is 6.61 Å². The summed E-state index contributed by atoms with van der Waals surface area (Å²) >= 11 is 0. The number of nitriles is 1. The topological polar surface area (TPSA) is 87.9 Å². The van der Waals surface area contributed by atoms with Crippen molar-refractivity contribution in [2.24, 2.45) is 0 Å². The first kappa shape index (κ1) is 13.5. The summed E-state index contributed by atoms with van der Waals surface area (Å²) in [7, 11) is 0.